The van der Waals surface area contributed by atoms with Gasteiger partial charge in [-0.15, -0.1) is 10.2 Å². The normalized spacial score (nSPS) is 14.9. The van der Waals surface area contributed by atoms with Crippen molar-refractivity contribution in [2.75, 3.05) is 6.61 Å². The van der Waals surface area contributed by atoms with Crippen molar-refractivity contribution in [3.05, 3.63) is 54.1 Å². The summed E-state index contributed by atoms with van der Waals surface area (Å²) in [6.45, 7) is 7.25. The Morgan fingerprint density at radius 1 is 1.32 bits per heavy atom. The molecule has 1 fully saturated rings. The van der Waals surface area contributed by atoms with Crippen LogP contribution in [-0.2, 0) is 20.1 Å². The second-order valence-electron chi connectivity index (χ2n) is 7.07. The van der Waals surface area contributed by atoms with Crippen molar-refractivity contribution >= 4 is 5.96 Å². The highest BCUT2D eigenvalue weighted by atomic mass is 16.5. The minimum atomic E-state index is 0.472. The van der Waals surface area contributed by atoms with Crippen molar-refractivity contribution in [2.45, 2.75) is 51.7 Å². The summed E-state index contributed by atoms with van der Waals surface area (Å²) in [5.74, 6) is 3.42. The van der Waals surface area contributed by atoms with Gasteiger partial charge in [0.05, 0.1) is 13.1 Å². The zero-order valence-electron chi connectivity index (χ0n) is 16.8. The highest BCUT2D eigenvalue weighted by Crippen LogP contribution is 2.20. The maximum Gasteiger partial charge on any atom is 0.192 e. The van der Waals surface area contributed by atoms with Crippen LogP contribution >= 0.6 is 0 Å². The number of hydrogen-bond acceptors (Lipinski definition) is 4. The van der Waals surface area contributed by atoms with Gasteiger partial charge in [-0.2, -0.15) is 0 Å². The molecule has 0 amide bonds. The summed E-state index contributed by atoms with van der Waals surface area (Å²) < 4.78 is 7.73. The largest absolute Gasteiger partial charge is 0.489 e. The molecule has 0 aliphatic heterocycles. The summed E-state index contributed by atoms with van der Waals surface area (Å²) in [5, 5.41) is 15.3. The first-order valence-electron chi connectivity index (χ1n) is 9.88. The highest BCUT2D eigenvalue weighted by Gasteiger charge is 2.17. The molecule has 1 aromatic heterocycles. The van der Waals surface area contributed by atoms with Gasteiger partial charge in [-0.1, -0.05) is 43.7 Å². The molecule has 1 aromatic carbocycles. The minimum absolute atomic E-state index is 0.472. The molecule has 2 N–H and O–H groups in total. The Hall–Kier alpha value is -2.83. The van der Waals surface area contributed by atoms with Gasteiger partial charge >= 0.3 is 0 Å². The Morgan fingerprint density at radius 3 is 2.82 bits per heavy atom. The average molecular weight is 383 g/mol. The van der Waals surface area contributed by atoms with E-state index in [1.165, 1.54) is 25.7 Å². The molecular formula is C21H30N6O. The predicted octanol–water partition coefficient (Wildman–Crippen LogP) is 2.87. The number of nitrogens with one attached hydrogen (secondary N) is 2. The van der Waals surface area contributed by atoms with E-state index < -0.39 is 0 Å². The monoisotopic (exact) mass is 382 g/mol. The van der Waals surface area contributed by atoms with Gasteiger partial charge in [0.25, 0.3) is 0 Å². The quantitative estimate of drug-likeness (QED) is 0.417. The Balaban J connectivity index is 1.70. The Morgan fingerprint density at radius 2 is 2.11 bits per heavy atom. The lowest BCUT2D eigenvalue weighted by molar-refractivity contribution is 0.359. The molecule has 0 atom stereocenters. The minimum Gasteiger partial charge on any atom is -0.489 e. The van der Waals surface area contributed by atoms with Gasteiger partial charge in [-0.3, -0.25) is 0 Å². The van der Waals surface area contributed by atoms with E-state index in [0.29, 0.717) is 25.7 Å². The number of benzene rings is 1. The molecule has 0 bridgehead atoms. The van der Waals surface area contributed by atoms with Crippen molar-refractivity contribution < 1.29 is 4.74 Å². The van der Waals surface area contributed by atoms with E-state index in [1.807, 2.05) is 42.8 Å². The number of nitrogens with zero attached hydrogens (tertiary/aromatic N) is 4. The molecule has 7 nitrogen and oxygen atoms in total. The number of aryl methyl sites for hydroxylation is 1. The third-order valence-corrected chi connectivity index (χ3v) is 5.03. The summed E-state index contributed by atoms with van der Waals surface area (Å²) in [7, 11) is 1.97. The number of ether oxygens (including phenoxy) is 1. The SMILES string of the molecule is C=CCOc1ccccc1CN=C(NCc1nnc(C)n1C)NC1CCCC1. The molecule has 1 saturated carbocycles. The fourth-order valence-corrected chi connectivity index (χ4v) is 3.27. The van der Waals surface area contributed by atoms with Gasteiger partial charge in [0.2, 0.25) is 0 Å². The topological polar surface area (TPSA) is 76.4 Å². The fraction of sp³-hybridized carbons (Fsp3) is 0.476. The number of guanidine groups is 1. The summed E-state index contributed by atoms with van der Waals surface area (Å²) in [6, 6.07) is 8.46. The van der Waals surface area contributed by atoms with Gasteiger partial charge in [0.1, 0.15) is 18.2 Å². The van der Waals surface area contributed by atoms with Crippen LogP contribution in [0, 0.1) is 6.92 Å². The molecule has 0 saturated heterocycles. The third-order valence-electron chi connectivity index (χ3n) is 5.03. The number of aromatic nitrogens is 3. The van der Waals surface area contributed by atoms with E-state index in [1.54, 1.807) is 6.08 Å². The molecule has 0 spiro atoms. The molecule has 0 unspecified atom stereocenters. The lowest BCUT2D eigenvalue weighted by Gasteiger charge is -2.17. The first kappa shape index (κ1) is 19.9. The van der Waals surface area contributed by atoms with Crippen LogP contribution in [0.2, 0.25) is 0 Å². The van der Waals surface area contributed by atoms with E-state index in [0.717, 1.165) is 28.9 Å². The van der Waals surface area contributed by atoms with E-state index in [4.69, 9.17) is 9.73 Å². The molecule has 3 rings (SSSR count). The van der Waals surface area contributed by atoms with Crippen molar-refractivity contribution in [1.29, 1.82) is 0 Å². The number of hydrogen-bond donors (Lipinski definition) is 2. The molecule has 1 heterocycles. The van der Waals surface area contributed by atoms with E-state index in [-0.39, 0.29) is 0 Å². The van der Waals surface area contributed by atoms with Crippen LogP contribution in [0.5, 0.6) is 5.75 Å². The van der Waals surface area contributed by atoms with Crippen molar-refractivity contribution in [3.8, 4) is 5.75 Å². The maximum absolute atomic E-state index is 5.75. The molecular weight excluding hydrogens is 352 g/mol. The lowest BCUT2D eigenvalue weighted by atomic mass is 10.2. The van der Waals surface area contributed by atoms with Crippen LogP contribution in [0.1, 0.15) is 42.9 Å². The summed E-state index contributed by atoms with van der Waals surface area (Å²) in [5.41, 5.74) is 1.05. The van der Waals surface area contributed by atoms with Gasteiger partial charge < -0.3 is 19.9 Å². The zero-order chi connectivity index (χ0) is 19.8. The molecule has 7 heteroatoms. The Bertz CT molecular complexity index is 807. The molecule has 1 aliphatic rings. The van der Waals surface area contributed by atoms with E-state index in [9.17, 15) is 0 Å². The molecule has 1 aliphatic carbocycles. The fourth-order valence-electron chi connectivity index (χ4n) is 3.27. The van der Waals surface area contributed by atoms with E-state index in [2.05, 4.69) is 27.4 Å². The molecule has 150 valence electrons. The Labute approximate surface area is 166 Å². The molecule has 2 aromatic rings. The van der Waals surface area contributed by atoms with Crippen LogP contribution in [0.25, 0.3) is 0 Å². The van der Waals surface area contributed by atoms with Crippen LogP contribution in [0.3, 0.4) is 0 Å². The summed E-state index contributed by atoms with van der Waals surface area (Å²) >= 11 is 0. The zero-order valence-corrected chi connectivity index (χ0v) is 16.8. The van der Waals surface area contributed by atoms with Gasteiger partial charge in [0, 0.05) is 18.7 Å². The number of para-hydroxylation sites is 1. The van der Waals surface area contributed by atoms with Gasteiger partial charge in [-0.05, 0) is 25.8 Å². The summed E-state index contributed by atoms with van der Waals surface area (Å²) in [4.78, 5) is 4.81. The standard InChI is InChI=1S/C21H30N6O/c1-4-13-28-19-12-8-5-9-17(19)14-22-21(24-18-10-6-7-11-18)23-15-20-26-25-16(2)27(20)3/h4-5,8-9,12,18H,1,6-7,10-11,13-15H2,2-3H3,(H2,22,23,24). The lowest BCUT2D eigenvalue weighted by Crippen LogP contribution is -2.42. The third kappa shape index (κ3) is 5.34. The first-order valence-corrected chi connectivity index (χ1v) is 9.88. The number of rotatable bonds is 8. The smallest absolute Gasteiger partial charge is 0.192 e. The van der Waals surface area contributed by atoms with Gasteiger partial charge in [0.15, 0.2) is 11.8 Å². The maximum atomic E-state index is 5.75. The summed E-state index contributed by atoms with van der Waals surface area (Å²) in [6.07, 6.45) is 6.65. The highest BCUT2D eigenvalue weighted by molar-refractivity contribution is 5.80. The van der Waals surface area contributed by atoms with Crippen LogP contribution in [-0.4, -0.2) is 33.4 Å². The van der Waals surface area contributed by atoms with Gasteiger partial charge in [-0.25, -0.2) is 4.99 Å². The molecule has 0 radical (unpaired) electrons. The first-order chi connectivity index (χ1) is 13.7. The van der Waals surface area contributed by atoms with Crippen LogP contribution < -0.4 is 15.4 Å². The van der Waals surface area contributed by atoms with Crippen molar-refractivity contribution in [3.63, 3.8) is 0 Å². The predicted molar refractivity (Wildman–Crippen MR) is 111 cm³/mol. The Kier molecular flexibility index (Phi) is 7.06. The van der Waals surface area contributed by atoms with E-state index >= 15 is 0 Å². The van der Waals surface area contributed by atoms with Crippen LogP contribution in [0.4, 0.5) is 0 Å². The second-order valence-corrected chi connectivity index (χ2v) is 7.07. The van der Waals surface area contributed by atoms with Crippen molar-refractivity contribution in [1.82, 2.24) is 25.4 Å². The number of aliphatic imine (C=N–C) groups is 1. The second kappa shape index (κ2) is 9.92. The van der Waals surface area contributed by atoms with Crippen molar-refractivity contribution in [2.24, 2.45) is 12.0 Å². The average Bonchev–Trinajstić information content (AvgIpc) is 3.33. The van der Waals surface area contributed by atoms with Crippen LogP contribution in [0.15, 0.2) is 41.9 Å². The molecule has 28 heavy (non-hydrogen) atoms.